The van der Waals surface area contributed by atoms with Crippen LogP contribution in [0.25, 0.3) is 0 Å². The second kappa shape index (κ2) is 11.8. The Bertz CT molecular complexity index is 833. The van der Waals surface area contributed by atoms with Crippen molar-refractivity contribution in [3.05, 3.63) is 29.3 Å². The second-order valence-corrected chi connectivity index (χ2v) is 6.84. The van der Waals surface area contributed by atoms with Gasteiger partial charge in [-0.1, -0.05) is 6.07 Å². The number of hydrogen-bond acceptors (Lipinski definition) is 8. The molecule has 2 aliphatic heterocycles. The smallest absolute Gasteiger partial charge is 0.266 e. The number of carbonyl (C=O) groups is 4. The van der Waals surface area contributed by atoms with Crippen LogP contribution in [0, 0.1) is 0 Å². The molecule has 0 aliphatic carbocycles. The zero-order chi connectivity index (χ0) is 21.5. The van der Waals surface area contributed by atoms with Gasteiger partial charge >= 0.3 is 0 Å². The Morgan fingerprint density at radius 3 is 2.42 bits per heavy atom. The number of nitrogens with one attached hydrogen (secondary N) is 1. The van der Waals surface area contributed by atoms with Gasteiger partial charge in [0.05, 0.1) is 30.9 Å². The Balaban J connectivity index is 0.00000341. The average Bonchev–Trinajstić information content (AvgIpc) is 2.98. The van der Waals surface area contributed by atoms with Crippen LogP contribution in [0.3, 0.4) is 0 Å². The maximum absolute atomic E-state index is 12.9. The van der Waals surface area contributed by atoms with Crippen molar-refractivity contribution < 1.29 is 33.4 Å². The van der Waals surface area contributed by atoms with Gasteiger partial charge < -0.3 is 19.9 Å². The number of ether oxygens (including phenoxy) is 3. The minimum Gasteiger partial charge on any atom is -0.490 e. The van der Waals surface area contributed by atoms with Crippen molar-refractivity contribution in [2.45, 2.75) is 25.3 Å². The number of benzene rings is 1. The van der Waals surface area contributed by atoms with Gasteiger partial charge in [-0.05, 0) is 31.5 Å². The molecule has 0 aromatic heterocycles. The summed E-state index contributed by atoms with van der Waals surface area (Å²) in [6.45, 7) is 2.49. The van der Waals surface area contributed by atoms with Gasteiger partial charge in [0.15, 0.2) is 0 Å². The van der Waals surface area contributed by atoms with E-state index in [0.717, 1.165) is 11.3 Å². The number of amides is 4. The van der Waals surface area contributed by atoms with E-state index in [4.69, 9.17) is 19.9 Å². The largest absolute Gasteiger partial charge is 0.490 e. The molecule has 170 valence electrons. The van der Waals surface area contributed by atoms with Crippen molar-refractivity contribution >= 4 is 36.0 Å². The molecule has 1 fully saturated rings. The molecule has 3 rings (SSSR count). The maximum Gasteiger partial charge on any atom is 0.266 e. The number of imide groups is 2. The summed E-state index contributed by atoms with van der Waals surface area (Å²) in [5, 5.41) is 2.17. The van der Waals surface area contributed by atoms with Crippen LogP contribution in [0.1, 0.15) is 40.0 Å². The number of nitrogens with two attached hydrogens (primary N) is 1. The molecule has 11 heteroatoms. The summed E-state index contributed by atoms with van der Waals surface area (Å²) in [6.07, 6.45) is 0.971. The van der Waals surface area contributed by atoms with Crippen LogP contribution in [0.15, 0.2) is 18.2 Å². The zero-order valence-electron chi connectivity index (χ0n) is 17.0. The molecule has 4 amide bonds. The lowest BCUT2D eigenvalue weighted by Gasteiger charge is -2.27. The molecular weight excluding hydrogens is 430 g/mol. The molecule has 0 radical (unpaired) electrons. The molecule has 1 atom stereocenters. The quantitative estimate of drug-likeness (QED) is 0.358. The summed E-state index contributed by atoms with van der Waals surface area (Å²) in [5.74, 6) is -1.98. The molecule has 10 nitrogen and oxygen atoms in total. The SMILES string of the molecule is Cl.NCCCOCCOCCOc1cccc2c1C(=O)N(C1CCC(=O)NC1=O)C2=O. The molecule has 2 aliphatic rings. The van der Waals surface area contributed by atoms with E-state index in [1.165, 1.54) is 6.07 Å². The van der Waals surface area contributed by atoms with Gasteiger partial charge in [0.2, 0.25) is 11.8 Å². The first-order chi connectivity index (χ1) is 14.5. The van der Waals surface area contributed by atoms with Gasteiger partial charge in [-0.15, -0.1) is 12.4 Å². The molecule has 1 saturated heterocycles. The highest BCUT2D eigenvalue weighted by molar-refractivity contribution is 6.24. The van der Waals surface area contributed by atoms with E-state index >= 15 is 0 Å². The summed E-state index contributed by atoms with van der Waals surface area (Å²) >= 11 is 0. The molecule has 0 spiro atoms. The summed E-state index contributed by atoms with van der Waals surface area (Å²) < 4.78 is 16.4. The fraction of sp³-hybridized carbons (Fsp3) is 0.500. The average molecular weight is 456 g/mol. The fourth-order valence-corrected chi connectivity index (χ4v) is 3.32. The van der Waals surface area contributed by atoms with E-state index in [2.05, 4.69) is 5.32 Å². The van der Waals surface area contributed by atoms with E-state index in [0.29, 0.717) is 26.4 Å². The van der Waals surface area contributed by atoms with Crippen molar-refractivity contribution in [1.82, 2.24) is 10.2 Å². The van der Waals surface area contributed by atoms with Gasteiger partial charge in [-0.3, -0.25) is 29.4 Å². The molecule has 1 unspecified atom stereocenters. The van der Waals surface area contributed by atoms with E-state index in [9.17, 15) is 19.2 Å². The zero-order valence-corrected chi connectivity index (χ0v) is 17.8. The van der Waals surface area contributed by atoms with Crippen LogP contribution in [0.4, 0.5) is 0 Å². The summed E-state index contributed by atoms with van der Waals surface area (Å²) in [5.41, 5.74) is 5.68. The van der Waals surface area contributed by atoms with Gasteiger partial charge in [0.25, 0.3) is 11.8 Å². The van der Waals surface area contributed by atoms with Crippen LogP contribution >= 0.6 is 12.4 Å². The van der Waals surface area contributed by atoms with E-state index in [1.807, 2.05) is 0 Å². The van der Waals surface area contributed by atoms with Crippen molar-refractivity contribution in [3.63, 3.8) is 0 Å². The molecule has 0 saturated carbocycles. The summed E-state index contributed by atoms with van der Waals surface area (Å²) in [7, 11) is 0. The molecular formula is C20H26ClN3O7. The Morgan fingerprint density at radius 1 is 1.00 bits per heavy atom. The Hall–Kier alpha value is -2.53. The highest BCUT2D eigenvalue weighted by atomic mass is 35.5. The molecule has 3 N–H and O–H groups in total. The highest BCUT2D eigenvalue weighted by Gasteiger charge is 2.45. The van der Waals surface area contributed by atoms with Gasteiger partial charge in [0.1, 0.15) is 18.4 Å². The highest BCUT2D eigenvalue weighted by Crippen LogP contribution is 2.33. The molecule has 0 bridgehead atoms. The number of rotatable bonds is 11. The standard InChI is InChI=1S/C20H25N3O7.ClH/c21-7-2-8-28-9-10-29-11-12-30-15-4-1-3-13-17(15)20(27)23(19(13)26)14-5-6-16(24)22-18(14)25;/h1,3-4,14H,2,5-12,21H2,(H,22,24,25);1H. The van der Waals surface area contributed by atoms with Crippen molar-refractivity contribution in [2.75, 3.05) is 39.6 Å². The van der Waals surface area contributed by atoms with Crippen LogP contribution in [0.2, 0.25) is 0 Å². The van der Waals surface area contributed by atoms with E-state index in [1.54, 1.807) is 12.1 Å². The number of piperidine rings is 1. The van der Waals surface area contributed by atoms with Crippen LogP contribution in [-0.4, -0.2) is 74.1 Å². The number of carbonyl (C=O) groups excluding carboxylic acids is 4. The normalized spacial score (nSPS) is 18.0. The lowest BCUT2D eigenvalue weighted by Crippen LogP contribution is -2.54. The second-order valence-electron chi connectivity index (χ2n) is 6.84. The van der Waals surface area contributed by atoms with Gasteiger partial charge in [0, 0.05) is 13.0 Å². The first-order valence-corrected chi connectivity index (χ1v) is 9.87. The van der Waals surface area contributed by atoms with Crippen LogP contribution < -0.4 is 15.8 Å². The number of hydrogen-bond donors (Lipinski definition) is 2. The predicted octanol–water partition coefficient (Wildman–Crippen LogP) is 0.270. The predicted molar refractivity (Wildman–Crippen MR) is 111 cm³/mol. The third kappa shape index (κ3) is 5.79. The minimum atomic E-state index is -1.01. The number of halogens is 1. The van der Waals surface area contributed by atoms with E-state index in [-0.39, 0.29) is 55.3 Å². The first kappa shape index (κ1) is 24.7. The lowest BCUT2D eigenvalue weighted by atomic mass is 10.0. The third-order valence-electron chi connectivity index (χ3n) is 4.78. The first-order valence-electron chi connectivity index (χ1n) is 9.87. The van der Waals surface area contributed by atoms with Crippen LogP contribution in [-0.2, 0) is 19.1 Å². The molecule has 1 aromatic rings. The van der Waals surface area contributed by atoms with Crippen molar-refractivity contribution in [2.24, 2.45) is 5.73 Å². The van der Waals surface area contributed by atoms with E-state index < -0.39 is 29.7 Å². The monoisotopic (exact) mass is 455 g/mol. The van der Waals surface area contributed by atoms with Gasteiger partial charge in [-0.2, -0.15) is 0 Å². The Kier molecular flexibility index (Phi) is 9.38. The minimum absolute atomic E-state index is 0. The summed E-state index contributed by atoms with van der Waals surface area (Å²) in [6, 6.07) is 3.71. The van der Waals surface area contributed by atoms with Gasteiger partial charge in [-0.25, -0.2) is 0 Å². The maximum atomic E-state index is 12.9. The molecule has 1 aromatic carbocycles. The molecule has 2 heterocycles. The number of nitrogens with zero attached hydrogens (tertiary/aromatic N) is 1. The van der Waals surface area contributed by atoms with Crippen molar-refractivity contribution in [1.29, 1.82) is 0 Å². The van der Waals surface area contributed by atoms with Crippen molar-refractivity contribution in [3.8, 4) is 5.75 Å². The molecule has 31 heavy (non-hydrogen) atoms. The number of fused-ring (bicyclic) bond motifs is 1. The Morgan fingerprint density at radius 2 is 1.71 bits per heavy atom. The topological polar surface area (TPSA) is 137 Å². The third-order valence-corrected chi connectivity index (χ3v) is 4.78. The lowest BCUT2D eigenvalue weighted by molar-refractivity contribution is -0.136. The summed E-state index contributed by atoms with van der Waals surface area (Å²) in [4.78, 5) is 50.1. The fourth-order valence-electron chi connectivity index (χ4n) is 3.32. The Labute approximate surface area is 185 Å². The van der Waals surface area contributed by atoms with Crippen LogP contribution in [0.5, 0.6) is 5.75 Å².